The van der Waals surface area contributed by atoms with Crippen LogP contribution in [0.25, 0.3) is 0 Å². The van der Waals surface area contributed by atoms with Crippen molar-refractivity contribution in [2.24, 2.45) is 9.98 Å². The average Bonchev–Trinajstić information content (AvgIpc) is 3.32. The summed E-state index contributed by atoms with van der Waals surface area (Å²) < 4.78 is 0. The molecule has 1 aliphatic rings. The Kier molecular flexibility index (Phi) is 14.4. The predicted octanol–water partition coefficient (Wildman–Crippen LogP) is 15.4. The van der Waals surface area contributed by atoms with Gasteiger partial charge in [-0.3, -0.25) is 9.59 Å². The van der Waals surface area contributed by atoms with Crippen molar-refractivity contribution < 1.29 is 9.59 Å². The molecule has 8 aromatic rings. The third-order valence-corrected chi connectivity index (χ3v) is 11.7. The Morgan fingerprint density at radius 3 is 1.34 bits per heavy atom. The fourth-order valence-electron chi connectivity index (χ4n) is 7.33. The number of Topliss-reactive ketones (excluding diaryl/α,β-unsaturated/α-hetero) is 1. The maximum absolute atomic E-state index is 12.1. The van der Waals surface area contributed by atoms with Gasteiger partial charge < -0.3 is 0 Å². The Hall–Kier alpha value is -6.98. The third kappa shape index (κ3) is 10.8. The van der Waals surface area contributed by atoms with Crippen LogP contribution in [0.1, 0.15) is 91.6 Å². The predicted molar refractivity (Wildman–Crippen MR) is 267 cm³/mol. The summed E-state index contributed by atoms with van der Waals surface area (Å²) in [5, 5.41) is 0.918. The molecule has 0 unspecified atom stereocenters. The van der Waals surface area contributed by atoms with Crippen LogP contribution in [0.15, 0.2) is 210 Å². The number of fused-ring (bicyclic) bond motifs is 2. The van der Waals surface area contributed by atoms with Crippen molar-refractivity contribution in [1.29, 1.82) is 0 Å². The van der Waals surface area contributed by atoms with Crippen LogP contribution in [0.3, 0.4) is 0 Å². The van der Waals surface area contributed by atoms with Crippen molar-refractivity contribution in [3.8, 4) is 0 Å². The highest BCUT2D eigenvalue weighted by Gasteiger charge is 2.24. The number of para-hydroxylation sites is 2. The minimum Gasteiger partial charge on any atom is -0.295 e. The Labute approximate surface area is 386 Å². The lowest BCUT2D eigenvalue weighted by Gasteiger charge is -2.26. The van der Waals surface area contributed by atoms with E-state index < -0.39 is 0 Å². The van der Waals surface area contributed by atoms with Gasteiger partial charge in [0.2, 0.25) is 0 Å². The van der Waals surface area contributed by atoms with Gasteiger partial charge in [0.15, 0.2) is 11.6 Å². The van der Waals surface area contributed by atoms with Gasteiger partial charge in [-0.25, -0.2) is 9.98 Å². The van der Waals surface area contributed by atoms with Crippen molar-refractivity contribution in [3.05, 3.63) is 271 Å². The van der Waals surface area contributed by atoms with Gasteiger partial charge in [0.05, 0.1) is 27.8 Å². The molecular weight excluding hydrogens is 828 g/mol. The molecule has 64 heavy (non-hydrogen) atoms. The quantitative estimate of drug-likeness (QED) is 0.150. The summed E-state index contributed by atoms with van der Waals surface area (Å²) in [6, 6.07) is 66.0. The van der Waals surface area contributed by atoms with Gasteiger partial charge in [0.25, 0.3) is 0 Å². The third-order valence-electron chi connectivity index (χ3n) is 11.2. The molecule has 0 spiro atoms. The van der Waals surface area contributed by atoms with Crippen LogP contribution in [-0.2, 0) is 5.41 Å². The molecule has 0 bridgehead atoms. The normalized spacial score (nSPS) is 11.7. The Balaban J connectivity index is 0.000000199. The van der Waals surface area contributed by atoms with E-state index in [0.717, 1.165) is 50.6 Å². The lowest BCUT2D eigenvalue weighted by atomic mass is 9.77. The van der Waals surface area contributed by atoms with E-state index in [4.69, 9.17) is 33.2 Å². The number of hydrogen-bond donors (Lipinski definition) is 0. The number of ketones is 2. The van der Waals surface area contributed by atoms with Gasteiger partial charge in [-0.1, -0.05) is 218 Å². The smallest absolute Gasteiger partial charge is 0.194 e. The van der Waals surface area contributed by atoms with E-state index in [9.17, 15) is 9.59 Å². The number of aliphatic imine (C=N–C) groups is 2. The lowest BCUT2D eigenvalue weighted by molar-refractivity contribution is 0.101. The SMILES string of the molecule is CC(=O)c1ccccc1.Cc1ccc(C2=Nc3ccccc3C(c3ccc(C(C)(C)c4ccc(C)cc4)cc3)=Nc3ccccc32)cc1.O=C(c1ccccc1)c1cc(Cl)ccc1Cl. The van der Waals surface area contributed by atoms with Gasteiger partial charge in [0.1, 0.15) is 0 Å². The van der Waals surface area contributed by atoms with E-state index in [1.807, 2.05) is 60.7 Å². The molecule has 0 radical (unpaired) electrons. The number of aryl methyl sites for hydroxylation is 2. The Morgan fingerprint density at radius 1 is 0.469 bits per heavy atom. The van der Waals surface area contributed by atoms with Gasteiger partial charge in [-0.2, -0.15) is 0 Å². The number of nitrogens with zero attached hydrogens (tertiary/aromatic N) is 2. The maximum atomic E-state index is 12.1. The molecule has 0 amide bonds. The van der Waals surface area contributed by atoms with Crippen LogP contribution >= 0.6 is 23.2 Å². The summed E-state index contributed by atoms with van der Waals surface area (Å²) in [5.74, 6) is 0.00343. The summed E-state index contributed by atoms with van der Waals surface area (Å²) in [5.41, 5.74) is 14.7. The lowest BCUT2D eigenvalue weighted by Crippen LogP contribution is -2.19. The van der Waals surface area contributed by atoms with Gasteiger partial charge in [-0.15, -0.1) is 0 Å². The molecule has 0 aliphatic carbocycles. The number of carbonyl (C=O) groups is 2. The molecule has 4 nitrogen and oxygen atoms in total. The van der Waals surface area contributed by atoms with Crippen LogP contribution in [-0.4, -0.2) is 23.0 Å². The zero-order valence-corrected chi connectivity index (χ0v) is 38.0. The number of carbonyl (C=O) groups excluding carboxylic acids is 2. The molecule has 6 heteroatoms. The van der Waals surface area contributed by atoms with E-state index in [1.54, 1.807) is 37.3 Å². The Morgan fingerprint density at radius 2 is 0.875 bits per heavy atom. The Bertz CT molecular complexity index is 2960. The summed E-state index contributed by atoms with van der Waals surface area (Å²) in [6.45, 7) is 10.4. The van der Waals surface area contributed by atoms with Crippen molar-refractivity contribution >= 4 is 57.6 Å². The molecule has 0 saturated heterocycles. The number of halogens is 2. The largest absolute Gasteiger partial charge is 0.295 e. The molecule has 1 heterocycles. The van der Waals surface area contributed by atoms with Crippen molar-refractivity contribution in [3.63, 3.8) is 0 Å². The number of benzene rings is 8. The van der Waals surface area contributed by atoms with Crippen molar-refractivity contribution in [1.82, 2.24) is 0 Å². The second kappa shape index (κ2) is 20.5. The van der Waals surface area contributed by atoms with Crippen molar-refractivity contribution in [2.45, 2.75) is 40.0 Å². The van der Waals surface area contributed by atoms with Gasteiger partial charge in [0, 0.05) is 49.4 Å². The number of hydrogen-bond acceptors (Lipinski definition) is 4. The summed E-state index contributed by atoms with van der Waals surface area (Å²) in [4.78, 5) is 33.3. The van der Waals surface area contributed by atoms with E-state index in [1.165, 1.54) is 22.3 Å². The minimum absolute atomic E-state index is 0.104. The zero-order valence-electron chi connectivity index (χ0n) is 36.5. The minimum atomic E-state index is -0.117. The van der Waals surface area contributed by atoms with E-state index >= 15 is 0 Å². The summed E-state index contributed by atoms with van der Waals surface area (Å²) >= 11 is 11.8. The van der Waals surface area contributed by atoms with Gasteiger partial charge >= 0.3 is 0 Å². The second-order valence-corrected chi connectivity index (χ2v) is 17.0. The highest BCUT2D eigenvalue weighted by molar-refractivity contribution is 6.36. The number of rotatable bonds is 7. The van der Waals surface area contributed by atoms with E-state index in [-0.39, 0.29) is 17.0 Å². The first-order valence-corrected chi connectivity index (χ1v) is 21.9. The van der Waals surface area contributed by atoms with Crippen molar-refractivity contribution in [2.75, 3.05) is 0 Å². The maximum Gasteiger partial charge on any atom is 0.194 e. The first-order valence-electron chi connectivity index (χ1n) is 21.1. The molecule has 0 fully saturated rings. The topological polar surface area (TPSA) is 58.9 Å². The first-order chi connectivity index (χ1) is 30.9. The molecule has 0 atom stereocenters. The van der Waals surface area contributed by atoms with Crippen LogP contribution < -0.4 is 0 Å². The molecule has 316 valence electrons. The highest BCUT2D eigenvalue weighted by atomic mass is 35.5. The second-order valence-electron chi connectivity index (χ2n) is 16.1. The molecule has 8 aromatic carbocycles. The van der Waals surface area contributed by atoms with E-state index in [0.29, 0.717) is 21.2 Å². The molecule has 0 N–H and O–H groups in total. The van der Waals surface area contributed by atoms with Crippen LogP contribution in [0, 0.1) is 13.8 Å². The molecule has 0 aromatic heterocycles. The fraction of sp³-hybridized carbons (Fsp3) is 0.103. The molecular formula is C58H48Cl2N2O2. The summed E-state index contributed by atoms with van der Waals surface area (Å²) in [6.07, 6.45) is 0. The molecule has 1 aliphatic heterocycles. The van der Waals surface area contributed by atoms with Gasteiger partial charge in [-0.05, 0) is 62.2 Å². The fourth-order valence-corrected chi connectivity index (χ4v) is 7.70. The molecule has 0 saturated carbocycles. The summed E-state index contributed by atoms with van der Waals surface area (Å²) in [7, 11) is 0. The average molecular weight is 876 g/mol. The zero-order chi connectivity index (χ0) is 45.2. The van der Waals surface area contributed by atoms with Crippen LogP contribution in [0.4, 0.5) is 11.4 Å². The standard InChI is InChI=1S/C37H32N2.C13H8Cl2O.C8H8O/c1-25-13-17-27(18-14-25)35-31-9-5-7-11-33(31)39-36(32-10-6-8-12-34(32)38-35)28-19-23-30(24-20-28)37(3,4)29-21-15-26(2)16-22-29;14-10-6-7-12(15)11(8-10)13(16)9-4-2-1-3-5-9;1-7(9)8-5-3-2-4-6-8/h5-24H,1-4H3;1-8H;2-6H,1H3. The van der Waals surface area contributed by atoms with Crippen LogP contribution in [0.2, 0.25) is 10.0 Å². The monoisotopic (exact) mass is 874 g/mol. The first kappa shape index (κ1) is 45.1. The molecule has 9 rings (SSSR count). The van der Waals surface area contributed by atoms with E-state index in [2.05, 4.69) is 137 Å². The van der Waals surface area contributed by atoms with Crippen LogP contribution in [0.5, 0.6) is 0 Å². The highest BCUT2D eigenvalue weighted by Crippen LogP contribution is 2.35.